The van der Waals surface area contributed by atoms with Gasteiger partial charge in [-0.15, -0.1) is 0 Å². The second kappa shape index (κ2) is 4.47. The molecule has 0 heterocycles. The number of carbonyl (C=O) groups excluding carboxylic acids is 1. The van der Waals surface area contributed by atoms with E-state index in [1.807, 2.05) is 0 Å². The molecule has 1 fully saturated rings. The Bertz CT molecular complexity index is 294. The van der Waals surface area contributed by atoms with E-state index in [2.05, 4.69) is 19.2 Å². The summed E-state index contributed by atoms with van der Waals surface area (Å²) in [7, 11) is 0. The van der Waals surface area contributed by atoms with Crippen molar-refractivity contribution < 1.29 is 14.7 Å². The summed E-state index contributed by atoms with van der Waals surface area (Å²) in [5.41, 5.74) is 0.118. The number of aliphatic carboxylic acids is 1. The number of carbonyl (C=O) groups is 2. The minimum Gasteiger partial charge on any atom is -0.478 e. The molecule has 4 heteroatoms. The molecule has 0 saturated heterocycles. The summed E-state index contributed by atoms with van der Waals surface area (Å²) in [6, 6.07) is 0.156. The summed E-state index contributed by atoms with van der Waals surface area (Å²) in [5.74, 6) is -1.42. The first-order valence-electron chi connectivity index (χ1n) is 5.13. The minimum absolute atomic E-state index is 0.118. The maximum Gasteiger partial charge on any atom is 0.328 e. The Morgan fingerprint density at radius 2 is 2.07 bits per heavy atom. The number of hydrogen-bond donors (Lipinski definition) is 2. The summed E-state index contributed by atoms with van der Waals surface area (Å²) in [4.78, 5) is 21.5. The smallest absolute Gasteiger partial charge is 0.328 e. The lowest BCUT2D eigenvalue weighted by Crippen LogP contribution is -2.40. The zero-order valence-corrected chi connectivity index (χ0v) is 9.12. The first-order chi connectivity index (χ1) is 6.92. The van der Waals surface area contributed by atoms with Crippen molar-refractivity contribution in [3.63, 3.8) is 0 Å². The molecule has 1 saturated carbocycles. The van der Waals surface area contributed by atoms with E-state index in [4.69, 9.17) is 5.11 Å². The fourth-order valence-corrected chi connectivity index (χ4v) is 1.96. The molecule has 1 unspecified atom stereocenters. The van der Waals surface area contributed by atoms with Gasteiger partial charge in [0.15, 0.2) is 0 Å². The second-order valence-electron chi connectivity index (χ2n) is 4.61. The van der Waals surface area contributed by atoms with Crippen molar-refractivity contribution in [2.24, 2.45) is 5.41 Å². The maximum absolute atomic E-state index is 11.3. The molecular weight excluding hydrogens is 194 g/mol. The van der Waals surface area contributed by atoms with Crippen molar-refractivity contribution in [2.45, 2.75) is 39.2 Å². The van der Waals surface area contributed by atoms with Crippen LogP contribution >= 0.6 is 0 Å². The molecule has 0 radical (unpaired) electrons. The van der Waals surface area contributed by atoms with Gasteiger partial charge in [0.2, 0.25) is 5.91 Å². The predicted molar refractivity (Wildman–Crippen MR) is 56.3 cm³/mol. The molecule has 0 bridgehead atoms. The summed E-state index contributed by atoms with van der Waals surface area (Å²) in [5, 5.41) is 11.2. The fraction of sp³-hybridized carbons (Fsp3) is 0.636. The molecule has 0 aromatic carbocycles. The van der Waals surface area contributed by atoms with Gasteiger partial charge in [0.05, 0.1) is 0 Å². The highest BCUT2D eigenvalue weighted by molar-refractivity contribution is 5.94. The van der Waals surface area contributed by atoms with Crippen molar-refractivity contribution in [3.05, 3.63) is 12.2 Å². The number of hydrogen-bond acceptors (Lipinski definition) is 2. The van der Waals surface area contributed by atoms with Crippen LogP contribution in [0.3, 0.4) is 0 Å². The zero-order valence-electron chi connectivity index (χ0n) is 9.12. The molecule has 1 amide bonds. The summed E-state index contributed by atoms with van der Waals surface area (Å²) >= 11 is 0. The number of rotatable bonds is 3. The molecule has 15 heavy (non-hydrogen) atoms. The van der Waals surface area contributed by atoms with Gasteiger partial charge < -0.3 is 10.4 Å². The fourth-order valence-electron chi connectivity index (χ4n) is 1.96. The topological polar surface area (TPSA) is 66.4 Å². The van der Waals surface area contributed by atoms with Crippen molar-refractivity contribution in [2.75, 3.05) is 0 Å². The standard InChI is InChI=1S/C11H17NO3/c1-11(2)7-3-4-8(11)12-9(13)5-6-10(14)15/h5-6,8H,3-4,7H2,1-2H3,(H,12,13)(H,14,15)/b6-5+. The average Bonchev–Trinajstić information content (AvgIpc) is 2.43. The molecule has 1 aliphatic rings. The Labute approximate surface area is 89.4 Å². The van der Waals surface area contributed by atoms with Gasteiger partial charge in [-0.3, -0.25) is 4.79 Å². The van der Waals surface area contributed by atoms with Gasteiger partial charge in [-0.2, -0.15) is 0 Å². The van der Waals surface area contributed by atoms with Crippen LogP contribution in [0.4, 0.5) is 0 Å². The van der Waals surface area contributed by atoms with Crippen molar-refractivity contribution >= 4 is 11.9 Å². The minimum atomic E-state index is -1.10. The van der Waals surface area contributed by atoms with E-state index in [-0.39, 0.29) is 17.4 Å². The highest BCUT2D eigenvalue weighted by Gasteiger charge is 2.34. The van der Waals surface area contributed by atoms with Crippen LogP contribution in [0.15, 0.2) is 12.2 Å². The highest BCUT2D eigenvalue weighted by Crippen LogP contribution is 2.37. The van der Waals surface area contributed by atoms with Crippen LogP contribution in [-0.2, 0) is 9.59 Å². The van der Waals surface area contributed by atoms with Crippen molar-refractivity contribution in [3.8, 4) is 0 Å². The van der Waals surface area contributed by atoms with Crippen LogP contribution in [0.1, 0.15) is 33.1 Å². The first-order valence-corrected chi connectivity index (χ1v) is 5.13. The third kappa shape index (κ3) is 3.38. The second-order valence-corrected chi connectivity index (χ2v) is 4.61. The molecule has 0 aromatic rings. The number of carboxylic acid groups (broad SMARTS) is 1. The Morgan fingerprint density at radius 3 is 2.53 bits per heavy atom. The molecule has 84 valence electrons. The molecule has 1 aliphatic carbocycles. The molecule has 1 rings (SSSR count). The van der Waals surface area contributed by atoms with Crippen LogP contribution in [0.25, 0.3) is 0 Å². The lowest BCUT2D eigenvalue weighted by Gasteiger charge is -2.27. The quantitative estimate of drug-likeness (QED) is 0.692. The molecule has 0 spiro atoms. The van der Waals surface area contributed by atoms with Gasteiger partial charge >= 0.3 is 5.97 Å². The van der Waals surface area contributed by atoms with E-state index in [9.17, 15) is 9.59 Å². The maximum atomic E-state index is 11.3. The first kappa shape index (κ1) is 11.8. The van der Waals surface area contributed by atoms with Gasteiger partial charge in [-0.25, -0.2) is 4.79 Å². The number of nitrogens with one attached hydrogen (secondary N) is 1. The van der Waals surface area contributed by atoms with Crippen LogP contribution in [0.2, 0.25) is 0 Å². The third-order valence-electron chi connectivity index (χ3n) is 2.95. The van der Waals surface area contributed by atoms with Crippen molar-refractivity contribution in [1.82, 2.24) is 5.32 Å². The average molecular weight is 211 g/mol. The van der Waals surface area contributed by atoms with E-state index in [0.29, 0.717) is 0 Å². The summed E-state index contributed by atoms with van der Waals surface area (Å²) in [6.07, 6.45) is 5.11. The van der Waals surface area contributed by atoms with E-state index >= 15 is 0 Å². The van der Waals surface area contributed by atoms with E-state index in [1.165, 1.54) is 0 Å². The monoisotopic (exact) mass is 211 g/mol. The molecule has 2 N–H and O–H groups in total. The van der Waals surface area contributed by atoms with Gasteiger partial charge in [0.1, 0.15) is 0 Å². The Morgan fingerprint density at radius 1 is 1.40 bits per heavy atom. The van der Waals surface area contributed by atoms with Gasteiger partial charge in [0, 0.05) is 18.2 Å². The van der Waals surface area contributed by atoms with E-state index in [0.717, 1.165) is 31.4 Å². The summed E-state index contributed by atoms with van der Waals surface area (Å²) in [6.45, 7) is 4.23. The van der Waals surface area contributed by atoms with Crippen LogP contribution in [-0.4, -0.2) is 23.0 Å². The SMILES string of the molecule is CC1(C)CCCC1NC(=O)/C=C/C(=O)O. The van der Waals surface area contributed by atoms with Crippen LogP contribution in [0, 0.1) is 5.41 Å². The Hall–Kier alpha value is -1.32. The molecular formula is C11H17NO3. The van der Waals surface area contributed by atoms with E-state index < -0.39 is 5.97 Å². The summed E-state index contributed by atoms with van der Waals surface area (Å²) < 4.78 is 0. The molecule has 4 nitrogen and oxygen atoms in total. The number of amides is 1. The van der Waals surface area contributed by atoms with E-state index in [1.54, 1.807) is 0 Å². The Kier molecular flexibility index (Phi) is 3.50. The van der Waals surface area contributed by atoms with Crippen LogP contribution in [0.5, 0.6) is 0 Å². The molecule has 0 aliphatic heterocycles. The largest absolute Gasteiger partial charge is 0.478 e. The number of carboxylic acids is 1. The lowest BCUT2D eigenvalue weighted by atomic mass is 9.87. The van der Waals surface area contributed by atoms with Gasteiger partial charge in [-0.05, 0) is 18.3 Å². The van der Waals surface area contributed by atoms with Gasteiger partial charge in [-0.1, -0.05) is 20.3 Å². The van der Waals surface area contributed by atoms with Crippen molar-refractivity contribution in [1.29, 1.82) is 0 Å². The third-order valence-corrected chi connectivity index (χ3v) is 2.95. The lowest BCUT2D eigenvalue weighted by molar-refractivity contribution is -0.131. The predicted octanol–water partition coefficient (Wildman–Crippen LogP) is 1.32. The highest BCUT2D eigenvalue weighted by atomic mass is 16.4. The normalized spacial score (nSPS) is 24.3. The molecule has 0 aromatic heterocycles. The van der Waals surface area contributed by atoms with Gasteiger partial charge in [0.25, 0.3) is 0 Å². The van der Waals surface area contributed by atoms with Crippen LogP contribution < -0.4 is 5.32 Å². The molecule has 1 atom stereocenters. The zero-order chi connectivity index (χ0) is 11.5. The Balaban J connectivity index is 2.48.